The summed E-state index contributed by atoms with van der Waals surface area (Å²) < 4.78 is 27.3. The van der Waals surface area contributed by atoms with Gasteiger partial charge in [0.2, 0.25) is 15.9 Å². The monoisotopic (exact) mass is 401 g/mol. The van der Waals surface area contributed by atoms with Crippen LogP contribution in [0.3, 0.4) is 0 Å². The first-order valence-electron chi connectivity index (χ1n) is 9.11. The quantitative estimate of drug-likeness (QED) is 0.802. The van der Waals surface area contributed by atoms with Crippen molar-refractivity contribution in [3.8, 4) is 0 Å². The third kappa shape index (κ3) is 4.23. The Balaban J connectivity index is 1.88. The molecule has 7 nitrogen and oxygen atoms in total. The van der Waals surface area contributed by atoms with Gasteiger partial charge in [-0.15, -0.1) is 0 Å². The van der Waals surface area contributed by atoms with E-state index < -0.39 is 21.8 Å². The Bertz CT molecular complexity index is 1010. The van der Waals surface area contributed by atoms with Crippen LogP contribution in [0.2, 0.25) is 0 Å². The third-order valence-electron chi connectivity index (χ3n) is 4.81. The maximum atomic E-state index is 12.9. The maximum absolute atomic E-state index is 12.9. The van der Waals surface area contributed by atoms with Crippen LogP contribution in [0.15, 0.2) is 47.4 Å². The molecule has 0 bridgehead atoms. The van der Waals surface area contributed by atoms with Gasteiger partial charge in [0.05, 0.1) is 4.90 Å². The summed E-state index contributed by atoms with van der Waals surface area (Å²) in [5.74, 6) is -1.04. The number of hydrogen-bond acceptors (Lipinski definition) is 4. The largest absolute Gasteiger partial charge is 0.366 e. The van der Waals surface area contributed by atoms with Crippen LogP contribution < -0.4 is 11.1 Å². The summed E-state index contributed by atoms with van der Waals surface area (Å²) in [6.07, 6.45) is 2.71. The van der Waals surface area contributed by atoms with Crippen LogP contribution in [0.4, 0.5) is 5.69 Å². The van der Waals surface area contributed by atoms with Crippen LogP contribution in [0.5, 0.6) is 0 Å². The highest BCUT2D eigenvalue weighted by molar-refractivity contribution is 7.89. The van der Waals surface area contributed by atoms with Gasteiger partial charge in [0.1, 0.15) is 0 Å². The lowest BCUT2D eigenvalue weighted by Gasteiger charge is -2.26. The number of hydrogen-bond donors (Lipinski definition) is 2. The van der Waals surface area contributed by atoms with E-state index in [1.54, 1.807) is 31.2 Å². The van der Waals surface area contributed by atoms with Crippen molar-refractivity contribution in [2.45, 2.75) is 31.1 Å². The molecular formula is C20H23N3O4S. The van der Waals surface area contributed by atoms with Gasteiger partial charge in [-0.1, -0.05) is 18.6 Å². The predicted octanol–water partition coefficient (Wildman–Crippen LogP) is 2.52. The minimum absolute atomic E-state index is 0.107. The van der Waals surface area contributed by atoms with E-state index in [0.717, 1.165) is 19.3 Å². The lowest BCUT2D eigenvalue weighted by atomic mass is 10.1. The van der Waals surface area contributed by atoms with Gasteiger partial charge in [-0.2, -0.15) is 4.31 Å². The molecule has 0 spiro atoms. The zero-order valence-electron chi connectivity index (χ0n) is 15.6. The minimum atomic E-state index is -3.63. The van der Waals surface area contributed by atoms with Crippen molar-refractivity contribution < 1.29 is 18.0 Å². The predicted molar refractivity (Wildman–Crippen MR) is 107 cm³/mol. The number of nitrogens with two attached hydrogens (primary N) is 1. The lowest BCUT2D eigenvalue weighted by Crippen LogP contribution is -2.35. The topological polar surface area (TPSA) is 110 Å². The highest BCUT2D eigenvalue weighted by Gasteiger charge is 2.27. The molecule has 0 aliphatic carbocycles. The molecule has 148 valence electrons. The molecule has 1 fully saturated rings. The molecule has 0 atom stereocenters. The number of nitrogens with zero attached hydrogens (tertiary/aromatic N) is 1. The van der Waals surface area contributed by atoms with E-state index in [1.807, 2.05) is 0 Å². The number of amides is 2. The molecular weight excluding hydrogens is 378 g/mol. The van der Waals surface area contributed by atoms with Gasteiger partial charge >= 0.3 is 0 Å². The number of benzene rings is 2. The van der Waals surface area contributed by atoms with E-state index >= 15 is 0 Å². The average Bonchev–Trinajstić information content (AvgIpc) is 2.69. The van der Waals surface area contributed by atoms with Crippen molar-refractivity contribution in [3.63, 3.8) is 0 Å². The van der Waals surface area contributed by atoms with E-state index in [9.17, 15) is 18.0 Å². The average molecular weight is 401 g/mol. The molecule has 3 N–H and O–H groups in total. The Morgan fingerprint density at radius 3 is 2.43 bits per heavy atom. The number of sulfonamides is 1. The molecule has 2 amide bonds. The third-order valence-corrected chi connectivity index (χ3v) is 6.71. The number of carbonyl (C=O) groups is 2. The van der Waals surface area contributed by atoms with Gasteiger partial charge in [0, 0.05) is 29.9 Å². The minimum Gasteiger partial charge on any atom is -0.366 e. The molecule has 8 heteroatoms. The standard InChI is InChI=1S/C20H23N3O4S/c1-14-8-9-17(28(26,27)23-10-3-2-4-11-23)13-18(14)20(25)22-16-7-5-6-15(12-16)19(21)24/h5-9,12-13H,2-4,10-11H2,1H3,(H2,21,24)(H,22,25). The molecule has 2 aromatic rings. The van der Waals surface area contributed by atoms with Crippen LogP contribution in [0.1, 0.15) is 45.5 Å². The molecule has 2 aromatic carbocycles. The lowest BCUT2D eigenvalue weighted by molar-refractivity contribution is 0.0996. The Morgan fingerprint density at radius 1 is 1.04 bits per heavy atom. The summed E-state index contributed by atoms with van der Waals surface area (Å²) in [5.41, 5.74) is 6.87. The van der Waals surface area contributed by atoms with E-state index in [0.29, 0.717) is 24.3 Å². The van der Waals surface area contributed by atoms with Crippen LogP contribution in [-0.4, -0.2) is 37.6 Å². The first kappa shape index (κ1) is 20.0. The number of aryl methyl sites for hydroxylation is 1. The van der Waals surface area contributed by atoms with Crippen molar-refractivity contribution in [2.24, 2.45) is 5.73 Å². The fraction of sp³-hybridized carbons (Fsp3) is 0.300. The molecule has 1 aliphatic heterocycles. The summed E-state index contributed by atoms with van der Waals surface area (Å²) in [6.45, 7) is 2.74. The molecule has 1 heterocycles. The van der Waals surface area contributed by atoms with Crippen molar-refractivity contribution in [3.05, 3.63) is 59.2 Å². The Hall–Kier alpha value is -2.71. The summed E-state index contributed by atoms with van der Waals surface area (Å²) in [6, 6.07) is 10.8. The van der Waals surface area contributed by atoms with Gasteiger partial charge in [-0.05, 0) is 55.7 Å². The van der Waals surface area contributed by atoms with Crippen molar-refractivity contribution in [1.29, 1.82) is 0 Å². The number of primary amides is 1. The number of piperidine rings is 1. The fourth-order valence-corrected chi connectivity index (χ4v) is 4.75. The summed E-state index contributed by atoms with van der Waals surface area (Å²) in [7, 11) is -3.63. The Morgan fingerprint density at radius 2 is 1.75 bits per heavy atom. The van der Waals surface area contributed by atoms with Crippen molar-refractivity contribution in [2.75, 3.05) is 18.4 Å². The Kier molecular flexibility index (Phi) is 5.81. The SMILES string of the molecule is Cc1ccc(S(=O)(=O)N2CCCCC2)cc1C(=O)Nc1cccc(C(N)=O)c1. The zero-order valence-corrected chi connectivity index (χ0v) is 16.5. The zero-order chi connectivity index (χ0) is 20.3. The van der Waals surface area contributed by atoms with Crippen LogP contribution in [0, 0.1) is 6.92 Å². The Labute approximate surface area is 164 Å². The van der Waals surface area contributed by atoms with Crippen LogP contribution >= 0.6 is 0 Å². The van der Waals surface area contributed by atoms with E-state index in [4.69, 9.17) is 5.73 Å². The smallest absolute Gasteiger partial charge is 0.255 e. The first-order chi connectivity index (χ1) is 13.3. The van der Waals surface area contributed by atoms with Gasteiger partial charge < -0.3 is 11.1 Å². The molecule has 0 unspecified atom stereocenters. The fourth-order valence-electron chi connectivity index (χ4n) is 3.21. The van der Waals surface area contributed by atoms with Crippen molar-refractivity contribution in [1.82, 2.24) is 4.31 Å². The highest BCUT2D eigenvalue weighted by atomic mass is 32.2. The highest BCUT2D eigenvalue weighted by Crippen LogP contribution is 2.23. The summed E-state index contributed by atoms with van der Waals surface area (Å²) in [5, 5.41) is 2.70. The van der Waals surface area contributed by atoms with Gasteiger partial charge in [-0.25, -0.2) is 8.42 Å². The van der Waals surface area contributed by atoms with E-state index in [1.165, 1.54) is 22.5 Å². The second-order valence-corrected chi connectivity index (χ2v) is 8.78. The van der Waals surface area contributed by atoms with Gasteiger partial charge in [0.15, 0.2) is 0 Å². The molecule has 0 saturated carbocycles. The molecule has 0 aromatic heterocycles. The van der Waals surface area contributed by atoms with E-state index in [2.05, 4.69) is 5.32 Å². The number of nitrogens with one attached hydrogen (secondary N) is 1. The summed E-state index contributed by atoms with van der Waals surface area (Å²) >= 11 is 0. The molecule has 0 radical (unpaired) electrons. The first-order valence-corrected chi connectivity index (χ1v) is 10.5. The summed E-state index contributed by atoms with van der Waals surface area (Å²) in [4.78, 5) is 24.1. The molecule has 1 aliphatic rings. The molecule has 28 heavy (non-hydrogen) atoms. The second-order valence-electron chi connectivity index (χ2n) is 6.84. The molecule has 1 saturated heterocycles. The molecule has 3 rings (SSSR count). The van der Waals surface area contributed by atoms with E-state index in [-0.39, 0.29) is 16.0 Å². The maximum Gasteiger partial charge on any atom is 0.255 e. The van der Waals surface area contributed by atoms with Crippen LogP contribution in [-0.2, 0) is 10.0 Å². The van der Waals surface area contributed by atoms with Gasteiger partial charge in [-0.3, -0.25) is 9.59 Å². The van der Waals surface area contributed by atoms with Crippen LogP contribution in [0.25, 0.3) is 0 Å². The number of rotatable bonds is 5. The number of carbonyl (C=O) groups excluding carboxylic acids is 2. The van der Waals surface area contributed by atoms with Crippen molar-refractivity contribution >= 4 is 27.5 Å². The van der Waals surface area contributed by atoms with Gasteiger partial charge in [0.25, 0.3) is 5.91 Å². The second kappa shape index (κ2) is 8.12. The number of anilines is 1. The normalized spacial score (nSPS) is 15.2.